The third-order valence-electron chi connectivity index (χ3n) is 4.54. The monoisotopic (exact) mass is 376 g/mol. The Balaban J connectivity index is 1.56. The highest BCUT2D eigenvalue weighted by Gasteiger charge is 2.24. The van der Waals surface area contributed by atoms with E-state index in [0.29, 0.717) is 36.8 Å². The molecule has 1 saturated heterocycles. The molecule has 3 rings (SSSR count). The molecular weight excluding hydrogens is 355 g/mol. The predicted molar refractivity (Wildman–Crippen MR) is 99.5 cm³/mol. The molecule has 0 aliphatic carbocycles. The van der Waals surface area contributed by atoms with Crippen LogP contribution in [-0.4, -0.2) is 49.0 Å². The van der Waals surface area contributed by atoms with Gasteiger partial charge < -0.3 is 9.64 Å². The summed E-state index contributed by atoms with van der Waals surface area (Å²) in [6.07, 6.45) is -0.0781. The summed E-state index contributed by atoms with van der Waals surface area (Å²) in [5, 5.41) is 0.686. The van der Waals surface area contributed by atoms with Crippen molar-refractivity contribution in [2.45, 2.75) is 12.6 Å². The number of likely N-dealkylation sites (N-methyl/N-ethyl adjacent to an activating group) is 1. The normalized spacial score (nSPS) is 17.9. The van der Waals surface area contributed by atoms with Crippen molar-refractivity contribution in [1.82, 2.24) is 9.80 Å². The molecule has 0 spiro atoms. The van der Waals surface area contributed by atoms with Gasteiger partial charge >= 0.3 is 0 Å². The fourth-order valence-corrected chi connectivity index (χ4v) is 3.13. The molecule has 1 aliphatic heterocycles. The number of nitrogens with zero attached hydrogens (tertiary/aromatic N) is 2. The van der Waals surface area contributed by atoms with Crippen LogP contribution in [0.4, 0.5) is 4.39 Å². The van der Waals surface area contributed by atoms with Gasteiger partial charge in [-0.05, 0) is 23.8 Å². The molecule has 2 aromatic rings. The predicted octanol–water partition coefficient (Wildman–Crippen LogP) is 3.51. The molecule has 0 aromatic heterocycles. The van der Waals surface area contributed by atoms with Crippen LogP contribution in [0.1, 0.15) is 17.2 Å². The van der Waals surface area contributed by atoms with Gasteiger partial charge in [0.1, 0.15) is 5.82 Å². The molecule has 1 amide bonds. The van der Waals surface area contributed by atoms with Gasteiger partial charge in [-0.1, -0.05) is 41.9 Å². The lowest BCUT2D eigenvalue weighted by molar-refractivity contribution is -0.133. The van der Waals surface area contributed by atoms with E-state index in [1.807, 2.05) is 24.3 Å². The van der Waals surface area contributed by atoms with E-state index in [0.717, 1.165) is 5.56 Å². The Bertz CT molecular complexity index is 754. The number of carbonyl (C=O) groups excluding carboxylic acids is 1. The second-order valence-electron chi connectivity index (χ2n) is 6.49. The van der Waals surface area contributed by atoms with Crippen LogP contribution in [0.25, 0.3) is 0 Å². The van der Waals surface area contributed by atoms with E-state index in [4.69, 9.17) is 16.3 Å². The molecule has 0 unspecified atom stereocenters. The summed E-state index contributed by atoms with van der Waals surface area (Å²) in [7, 11) is 1.70. The van der Waals surface area contributed by atoms with Gasteiger partial charge in [0.25, 0.3) is 0 Å². The molecule has 0 radical (unpaired) electrons. The zero-order valence-electron chi connectivity index (χ0n) is 14.7. The Morgan fingerprint density at radius 3 is 2.73 bits per heavy atom. The minimum atomic E-state index is -0.290. The van der Waals surface area contributed by atoms with E-state index >= 15 is 0 Å². The molecule has 0 saturated carbocycles. The number of hydrogen-bond acceptors (Lipinski definition) is 3. The first-order chi connectivity index (χ1) is 12.5. The number of hydrogen-bond donors (Lipinski definition) is 0. The number of carbonyl (C=O) groups is 1. The lowest BCUT2D eigenvalue weighted by atomic mass is 10.1. The highest BCUT2D eigenvalue weighted by molar-refractivity contribution is 6.30. The quantitative estimate of drug-likeness (QED) is 0.800. The Morgan fingerprint density at radius 2 is 2.00 bits per heavy atom. The molecule has 1 fully saturated rings. The van der Waals surface area contributed by atoms with E-state index in [1.165, 1.54) is 6.07 Å². The Morgan fingerprint density at radius 1 is 1.27 bits per heavy atom. The van der Waals surface area contributed by atoms with Crippen molar-refractivity contribution < 1.29 is 13.9 Å². The number of ether oxygens (including phenoxy) is 1. The van der Waals surface area contributed by atoms with Crippen molar-refractivity contribution >= 4 is 17.5 Å². The minimum Gasteiger partial charge on any atom is -0.371 e. The molecule has 1 heterocycles. The molecular formula is C20H22ClFN2O2. The van der Waals surface area contributed by atoms with E-state index in [9.17, 15) is 9.18 Å². The van der Waals surface area contributed by atoms with Gasteiger partial charge in [0.2, 0.25) is 5.91 Å². The fraction of sp³-hybridized carbons (Fsp3) is 0.350. The zero-order chi connectivity index (χ0) is 18.5. The van der Waals surface area contributed by atoms with E-state index in [1.54, 1.807) is 30.1 Å². The van der Waals surface area contributed by atoms with Crippen molar-refractivity contribution in [2.24, 2.45) is 0 Å². The maximum atomic E-state index is 13.8. The Kier molecular flexibility index (Phi) is 6.25. The maximum absolute atomic E-state index is 13.8. The molecule has 6 heteroatoms. The SMILES string of the molecule is CN(Cc1ccccc1F)C(=O)CN1CCO[C@H](c2ccc(Cl)cc2)C1. The van der Waals surface area contributed by atoms with Gasteiger partial charge in [-0.25, -0.2) is 4.39 Å². The lowest BCUT2D eigenvalue weighted by Gasteiger charge is -2.33. The van der Waals surface area contributed by atoms with Crippen molar-refractivity contribution in [1.29, 1.82) is 0 Å². The van der Waals surface area contributed by atoms with Crippen LogP contribution in [0.3, 0.4) is 0 Å². The first-order valence-electron chi connectivity index (χ1n) is 8.59. The molecule has 2 aromatic carbocycles. The highest BCUT2D eigenvalue weighted by atomic mass is 35.5. The van der Waals surface area contributed by atoms with Crippen LogP contribution in [0.2, 0.25) is 5.02 Å². The van der Waals surface area contributed by atoms with Crippen LogP contribution < -0.4 is 0 Å². The number of morpholine rings is 1. The van der Waals surface area contributed by atoms with Gasteiger partial charge in [-0.2, -0.15) is 0 Å². The van der Waals surface area contributed by atoms with E-state index in [-0.39, 0.29) is 24.4 Å². The van der Waals surface area contributed by atoms with Gasteiger partial charge in [-0.15, -0.1) is 0 Å². The molecule has 1 atom stereocenters. The van der Waals surface area contributed by atoms with Crippen LogP contribution in [0, 0.1) is 5.82 Å². The smallest absolute Gasteiger partial charge is 0.236 e. The number of benzene rings is 2. The maximum Gasteiger partial charge on any atom is 0.236 e. The van der Waals surface area contributed by atoms with Crippen LogP contribution in [0.5, 0.6) is 0 Å². The summed E-state index contributed by atoms with van der Waals surface area (Å²) in [6.45, 7) is 2.46. The van der Waals surface area contributed by atoms with Crippen LogP contribution in [0.15, 0.2) is 48.5 Å². The molecule has 138 valence electrons. The Labute approximate surface area is 158 Å². The average molecular weight is 377 g/mol. The zero-order valence-corrected chi connectivity index (χ0v) is 15.5. The van der Waals surface area contributed by atoms with Gasteiger partial charge in [0.05, 0.1) is 19.3 Å². The molecule has 0 bridgehead atoms. The Hall–Kier alpha value is -1.95. The first kappa shape index (κ1) is 18.8. The van der Waals surface area contributed by atoms with Gasteiger partial charge in [-0.3, -0.25) is 9.69 Å². The van der Waals surface area contributed by atoms with Crippen LogP contribution in [-0.2, 0) is 16.1 Å². The standard InChI is InChI=1S/C20H22ClFN2O2/c1-23(12-16-4-2-3-5-18(16)22)20(25)14-24-10-11-26-19(13-24)15-6-8-17(21)9-7-15/h2-9,19H,10-14H2,1H3/t19-/m0/s1. The van der Waals surface area contributed by atoms with Crippen molar-refractivity contribution in [3.63, 3.8) is 0 Å². The lowest BCUT2D eigenvalue weighted by Crippen LogP contribution is -2.44. The second-order valence-corrected chi connectivity index (χ2v) is 6.92. The number of rotatable bonds is 5. The minimum absolute atomic E-state index is 0.0370. The average Bonchev–Trinajstić information content (AvgIpc) is 2.64. The fourth-order valence-electron chi connectivity index (χ4n) is 3.01. The van der Waals surface area contributed by atoms with Crippen molar-refractivity contribution in [3.8, 4) is 0 Å². The second kappa shape index (κ2) is 8.62. The molecule has 1 aliphatic rings. The van der Waals surface area contributed by atoms with E-state index in [2.05, 4.69) is 4.90 Å². The summed E-state index contributed by atoms with van der Waals surface area (Å²) in [5.74, 6) is -0.327. The first-order valence-corrected chi connectivity index (χ1v) is 8.97. The van der Waals surface area contributed by atoms with Gasteiger partial charge in [0, 0.05) is 37.3 Å². The van der Waals surface area contributed by atoms with Crippen LogP contribution >= 0.6 is 11.6 Å². The number of halogens is 2. The third kappa shape index (κ3) is 4.81. The topological polar surface area (TPSA) is 32.8 Å². The van der Waals surface area contributed by atoms with Crippen molar-refractivity contribution in [3.05, 3.63) is 70.5 Å². The van der Waals surface area contributed by atoms with Gasteiger partial charge in [0.15, 0.2) is 0 Å². The highest BCUT2D eigenvalue weighted by Crippen LogP contribution is 2.23. The third-order valence-corrected chi connectivity index (χ3v) is 4.79. The summed E-state index contributed by atoms with van der Waals surface area (Å²) in [4.78, 5) is 16.2. The molecule has 26 heavy (non-hydrogen) atoms. The summed E-state index contributed by atoms with van der Waals surface area (Å²) in [5.41, 5.74) is 1.57. The summed E-state index contributed by atoms with van der Waals surface area (Å²) in [6, 6.07) is 14.1. The van der Waals surface area contributed by atoms with E-state index < -0.39 is 0 Å². The summed E-state index contributed by atoms with van der Waals surface area (Å²) >= 11 is 5.93. The molecule has 4 nitrogen and oxygen atoms in total. The molecule has 0 N–H and O–H groups in total. The largest absolute Gasteiger partial charge is 0.371 e. The number of amides is 1. The van der Waals surface area contributed by atoms with Crippen molar-refractivity contribution in [2.75, 3.05) is 33.3 Å². The summed E-state index contributed by atoms with van der Waals surface area (Å²) < 4.78 is 19.6.